The minimum absolute atomic E-state index is 0.287. The van der Waals surface area contributed by atoms with E-state index in [9.17, 15) is 0 Å². The molecule has 0 aliphatic heterocycles. The van der Waals surface area contributed by atoms with E-state index in [2.05, 4.69) is 35.4 Å². The van der Waals surface area contributed by atoms with Crippen LogP contribution in [0, 0.1) is 0 Å². The number of aromatic nitrogens is 1. The second kappa shape index (κ2) is 5.94. The maximum atomic E-state index is 6.15. The van der Waals surface area contributed by atoms with E-state index in [0.717, 1.165) is 24.4 Å². The normalized spacial score (nSPS) is 18.8. The Kier molecular flexibility index (Phi) is 4.04. The van der Waals surface area contributed by atoms with E-state index in [-0.39, 0.29) is 6.04 Å². The van der Waals surface area contributed by atoms with Crippen LogP contribution in [0.3, 0.4) is 0 Å². The molecular formula is C17H19ClN2. The predicted octanol–water partition coefficient (Wildman–Crippen LogP) is 4.12. The highest BCUT2D eigenvalue weighted by Crippen LogP contribution is 2.40. The molecule has 2 atom stereocenters. The van der Waals surface area contributed by atoms with Crippen LogP contribution in [0.4, 0.5) is 0 Å². The Hall–Kier alpha value is -1.38. The molecule has 3 heteroatoms. The molecule has 3 rings (SSSR count). The molecule has 20 heavy (non-hydrogen) atoms. The van der Waals surface area contributed by atoms with Gasteiger partial charge in [0.05, 0.1) is 0 Å². The Morgan fingerprint density at radius 3 is 3.05 bits per heavy atom. The number of benzene rings is 1. The minimum Gasteiger partial charge on any atom is -0.310 e. The lowest BCUT2D eigenvalue weighted by atomic mass is 9.90. The van der Waals surface area contributed by atoms with Crippen LogP contribution in [0.5, 0.6) is 0 Å². The number of halogens is 1. The number of nitrogens with one attached hydrogen (secondary N) is 1. The van der Waals surface area contributed by atoms with Gasteiger partial charge in [-0.15, -0.1) is 0 Å². The van der Waals surface area contributed by atoms with Crippen molar-refractivity contribution in [2.45, 2.75) is 31.7 Å². The molecule has 0 radical (unpaired) electrons. The van der Waals surface area contributed by atoms with Crippen LogP contribution in [0.1, 0.15) is 42.1 Å². The zero-order chi connectivity index (χ0) is 13.9. The third kappa shape index (κ3) is 2.58. The SMILES string of the molecule is CCNC(c1cccc(Cl)c1)C1CCc2cccnc21. The molecule has 1 N–H and O–H groups in total. The Bertz CT molecular complexity index is 597. The van der Waals surface area contributed by atoms with Crippen molar-refractivity contribution in [3.05, 3.63) is 64.4 Å². The first-order valence-corrected chi connectivity index (χ1v) is 7.60. The Morgan fingerprint density at radius 2 is 2.25 bits per heavy atom. The van der Waals surface area contributed by atoms with Gasteiger partial charge >= 0.3 is 0 Å². The molecule has 1 aromatic carbocycles. The van der Waals surface area contributed by atoms with Crippen molar-refractivity contribution in [3.8, 4) is 0 Å². The summed E-state index contributed by atoms with van der Waals surface area (Å²) in [6, 6.07) is 12.7. The van der Waals surface area contributed by atoms with Gasteiger partial charge in [-0.2, -0.15) is 0 Å². The fourth-order valence-electron chi connectivity index (χ4n) is 3.18. The average Bonchev–Trinajstić information content (AvgIpc) is 2.88. The van der Waals surface area contributed by atoms with Crippen LogP contribution in [-0.2, 0) is 6.42 Å². The zero-order valence-electron chi connectivity index (χ0n) is 11.6. The van der Waals surface area contributed by atoms with Gasteiger partial charge in [0, 0.05) is 28.9 Å². The van der Waals surface area contributed by atoms with E-state index in [1.807, 2.05) is 24.4 Å². The molecule has 0 saturated carbocycles. The summed E-state index contributed by atoms with van der Waals surface area (Å²) in [5, 5.41) is 4.41. The van der Waals surface area contributed by atoms with Crippen molar-refractivity contribution in [1.82, 2.24) is 10.3 Å². The van der Waals surface area contributed by atoms with Gasteiger partial charge in [-0.1, -0.05) is 36.7 Å². The molecule has 1 aliphatic rings. The summed E-state index contributed by atoms with van der Waals surface area (Å²) in [6.45, 7) is 3.08. The monoisotopic (exact) mass is 286 g/mol. The minimum atomic E-state index is 0.287. The second-order valence-electron chi connectivity index (χ2n) is 5.28. The average molecular weight is 287 g/mol. The molecule has 1 aliphatic carbocycles. The maximum Gasteiger partial charge on any atom is 0.0485 e. The molecule has 0 fully saturated rings. The first-order chi connectivity index (χ1) is 9.79. The molecule has 0 spiro atoms. The number of pyridine rings is 1. The second-order valence-corrected chi connectivity index (χ2v) is 5.72. The Morgan fingerprint density at radius 1 is 1.35 bits per heavy atom. The smallest absolute Gasteiger partial charge is 0.0485 e. The molecule has 0 amide bonds. The van der Waals surface area contributed by atoms with Gasteiger partial charge in [0.2, 0.25) is 0 Å². The first kappa shape index (κ1) is 13.6. The highest BCUT2D eigenvalue weighted by Gasteiger charge is 2.31. The van der Waals surface area contributed by atoms with Gasteiger partial charge in [-0.05, 0) is 48.7 Å². The number of hydrogen-bond acceptors (Lipinski definition) is 2. The molecule has 1 heterocycles. The Labute approximate surface area is 125 Å². The lowest BCUT2D eigenvalue weighted by Gasteiger charge is -2.25. The van der Waals surface area contributed by atoms with Crippen molar-refractivity contribution < 1.29 is 0 Å². The van der Waals surface area contributed by atoms with Crippen molar-refractivity contribution >= 4 is 11.6 Å². The third-order valence-corrected chi connectivity index (χ3v) is 4.27. The van der Waals surface area contributed by atoms with Crippen molar-refractivity contribution in [3.63, 3.8) is 0 Å². The predicted molar refractivity (Wildman–Crippen MR) is 83.2 cm³/mol. The molecule has 2 nitrogen and oxygen atoms in total. The highest BCUT2D eigenvalue weighted by atomic mass is 35.5. The molecule has 0 bridgehead atoms. The van der Waals surface area contributed by atoms with E-state index in [1.165, 1.54) is 16.8 Å². The summed E-state index contributed by atoms with van der Waals surface area (Å²) >= 11 is 6.15. The summed E-state index contributed by atoms with van der Waals surface area (Å²) in [6.07, 6.45) is 4.17. The summed E-state index contributed by atoms with van der Waals surface area (Å²) in [7, 11) is 0. The molecule has 2 aromatic rings. The summed E-state index contributed by atoms with van der Waals surface area (Å²) in [5.41, 5.74) is 3.89. The van der Waals surface area contributed by atoms with E-state index < -0.39 is 0 Å². The van der Waals surface area contributed by atoms with Crippen LogP contribution in [0.2, 0.25) is 5.02 Å². The first-order valence-electron chi connectivity index (χ1n) is 7.22. The fraction of sp³-hybridized carbons (Fsp3) is 0.353. The van der Waals surface area contributed by atoms with E-state index in [0.29, 0.717) is 5.92 Å². The largest absolute Gasteiger partial charge is 0.310 e. The number of aryl methyl sites for hydroxylation is 1. The number of likely N-dealkylation sites (N-methyl/N-ethyl adjacent to an activating group) is 1. The van der Waals surface area contributed by atoms with Crippen molar-refractivity contribution in [1.29, 1.82) is 0 Å². The standard InChI is InChI=1S/C17H19ClN2/c1-2-19-17(13-5-3-7-14(18)11-13)15-9-8-12-6-4-10-20-16(12)15/h3-7,10-11,15,17,19H,2,8-9H2,1H3. The van der Waals surface area contributed by atoms with Gasteiger partial charge in [0.25, 0.3) is 0 Å². The van der Waals surface area contributed by atoms with Gasteiger partial charge in [-0.3, -0.25) is 4.98 Å². The summed E-state index contributed by atoms with van der Waals surface area (Å²) in [5.74, 6) is 0.435. The van der Waals surface area contributed by atoms with Crippen LogP contribution in [0.15, 0.2) is 42.6 Å². The number of hydrogen-bond donors (Lipinski definition) is 1. The molecule has 1 aromatic heterocycles. The topological polar surface area (TPSA) is 24.9 Å². The van der Waals surface area contributed by atoms with Gasteiger partial charge < -0.3 is 5.32 Å². The fourth-order valence-corrected chi connectivity index (χ4v) is 3.38. The summed E-state index contributed by atoms with van der Waals surface area (Å²) < 4.78 is 0. The maximum absolute atomic E-state index is 6.15. The Balaban J connectivity index is 1.96. The van der Waals surface area contributed by atoms with Crippen LogP contribution < -0.4 is 5.32 Å². The van der Waals surface area contributed by atoms with Crippen LogP contribution >= 0.6 is 11.6 Å². The van der Waals surface area contributed by atoms with Gasteiger partial charge in [0.15, 0.2) is 0 Å². The van der Waals surface area contributed by atoms with Crippen LogP contribution in [-0.4, -0.2) is 11.5 Å². The van der Waals surface area contributed by atoms with Crippen molar-refractivity contribution in [2.75, 3.05) is 6.54 Å². The van der Waals surface area contributed by atoms with E-state index in [1.54, 1.807) is 0 Å². The van der Waals surface area contributed by atoms with Gasteiger partial charge in [0.1, 0.15) is 0 Å². The lowest BCUT2D eigenvalue weighted by Crippen LogP contribution is -2.26. The molecule has 0 saturated heterocycles. The third-order valence-electron chi connectivity index (χ3n) is 4.04. The van der Waals surface area contributed by atoms with Crippen molar-refractivity contribution in [2.24, 2.45) is 0 Å². The van der Waals surface area contributed by atoms with E-state index in [4.69, 9.17) is 11.6 Å². The van der Waals surface area contributed by atoms with Gasteiger partial charge in [-0.25, -0.2) is 0 Å². The highest BCUT2D eigenvalue weighted by molar-refractivity contribution is 6.30. The van der Waals surface area contributed by atoms with Crippen LogP contribution in [0.25, 0.3) is 0 Å². The zero-order valence-corrected chi connectivity index (χ0v) is 12.4. The number of fused-ring (bicyclic) bond motifs is 1. The summed E-state index contributed by atoms with van der Waals surface area (Å²) in [4.78, 5) is 4.62. The number of nitrogens with zero attached hydrogens (tertiary/aromatic N) is 1. The molecule has 2 unspecified atom stereocenters. The molecule has 104 valence electrons. The quantitative estimate of drug-likeness (QED) is 0.915. The lowest BCUT2D eigenvalue weighted by molar-refractivity contribution is 0.447. The number of rotatable bonds is 4. The molecular weight excluding hydrogens is 268 g/mol. The van der Waals surface area contributed by atoms with E-state index >= 15 is 0 Å².